The van der Waals surface area contributed by atoms with Crippen LogP contribution < -0.4 is 0 Å². The summed E-state index contributed by atoms with van der Waals surface area (Å²) in [7, 11) is 0. The van der Waals surface area contributed by atoms with Gasteiger partial charge >= 0.3 is 12.1 Å². The number of aromatic carboxylic acids is 1. The van der Waals surface area contributed by atoms with Gasteiger partial charge in [0.1, 0.15) is 0 Å². The van der Waals surface area contributed by atoms with Gasteiger partial charge in [0.15, 0.2) is 6.29 Å². The molecule has 0 unspecified atom stereocenters. The van der Waals surface area contributed by atoms with Crippen LogP contribution in [0.25, 0.3) is 0 Å². The van der Waals surface area contributed by atoms with E-state index >= 15 is 0 Å². The number of carbonyl (C=O) groups is 2. The molecule has 3 nitrogen and oxygen atoms in total. The molecule has 0 aliphatic rings. The maximum absolute atomic E-state index is 12.4. The Bertz CT molecular complexity index is 454. The monoisotopic (exact) mass is 252 g/mol. The highest BCUT2D eigenvalue weighted by Gasteiger charge is 2.35. The Morgan fingerprint density at radius 2 is 1.94 bits per heavy atom. The average Bonchev–Trinajstić information content (AvgIpc) is 2.14. The lowest BCUT2D eigenvalue weighted by atomic mass is 10.0. The Hall–Kier alpha value is -1.56. The summed E-state index contributed by atoms with van der Waals surface area (Å²) in [6.07, 6.45) is -4.89. The van der Waals surface area contributed by atoms with Gasteiger partial charge in [-0.15, -0.1) is 0 Å². The van der Waals surface area contributed by atoms with Crippen molar-refractivity contribution < 1.29 is 27.9 Å². The number of alkyl halides is 3. The second-order valence-corrected chi connectivity index (χ2v) is 3.25. The fourth-order valence-corrected chi connectivity index (χ4v) is 1.36. The summed E-state index contributed by atoms with van der Waals surface area (Å²) in [6.45, 7) is 0. The summed E-state index contributed by atoms with van der Waals surface area (Å²) >= 11 is 5.39. The SMILES string of the molecule is O=Cc1c(Cl)cc(C(=O)O)cc1C(F)(F)F. The molecule has 0 fully saturated rings. The lowest BCUT2D eigenvalue weighted by molar-refractivity contribution is -0.137. The van der Waals surface area contributed by atoms with Gasteiger partial charge in [0.25, 0.3) is 0 Å². The lowest BCUT2D eigenvalue weighted by Gasteiger charge is -2.11. The van der Waals surface area contributed by atoms with Crippen LogP contribution in [0, 0.1) is 0 Å². The Labute approximate surface area is 92.4 Å². The van der Waals surface area contributed by atoms with Gasteiger partial charge in [0.2, 0.25) is 0 Å². The third-order valence-corrected chi connectivity index (χ3v) is 2.11. The summed E-state index contributed by atoms with van der Waals surface area (Å²) in [5, 5.41) is 8.01. The Morgan fingerprint density at radius 3 is 2.31 bits per heavy atom. The molecule has 0 spiro atoms. The number of carbonyl (C=O) groups excluding carboxylic acids is 1. The topological polar surface area (TPSA) is 54.4 Å². The van der Waals surface area contributed by atoms with Crippen LogP contribution in [0.4, 0.5) is 13.2 Å². The van der Waals surface area contributed by atoms with E-state index in [1.54, 1.807) is 0 Å². The number of benzene rings is 1. The highest BCUT2D eigenvalue weighted by atomic mass is 35.5. The summed E-state index contributed by atoms with van der Waals surface area (Å²) in [6, 6.07) is 1.17. The highest BCUT2D eigenvalue weighted by molar-refractivity contribution is 6.33. The molecule has 1 N–H and O–H groups in total. The van der Waals surface area contributed by atoms with E-state index in [1.807, 2.05) is 0 Å². The summed E-state index contributed by atoms with van der Waals surface area (Å²) in [5.74, 6) is -1.55. The van der Waals surface area contributed by atoms with Crippen molar-refractivity contribution in [2.75, 3.05) is 0 Å². The van der Waals surface area contributed by atoms with Crippen molar-refractivity contribution >= 4 is 23.9 Å². The van der Waals surface area contributed by atoms with E-state index in [-0.39, 0.29) is 6.29 Å². The van der Waals surface area contributed by atoms with E-state index in [2.05, 4.69) is 0 Å². The number of aldehydes is 1. The number of hydrogen-bond acceptors (Lipinski definition) is 2. The second-order valence-electron chi connectivity index (χ2n) is 2.84. The third-order valence-electron chi connectivity index (χ3n) is 1.80. The molecule has 1 rings (SSSR count). The van der Waals surface area contributed by atoms with E-state index in [1.165, 1.54) is 0 Å². The van der Waals surface area contributed by atoms with Crippen LogP contribution in [0.5, 0.6) is 0 Å². The number of carboxylic acid groups (broad SMARTS) is 1. The van der Waals surface area contributed by atoms with Crippen molar-refractivity contribution in [1.29, 1.82) is 0 Å². The predicted molar refractivity (Wildman–Crippen MR) is 48.8 cm³/mol. The maximum Gasteiger partial charge on any atom is 0.417 e. The van der Waals surface area contributed by atoms with Gasteiger partial charge in [-0.2, -0.15) is 13.2 Å². The molecule has 0 amide bonds. The average molecular weight is 253 g/mol. The van der Waals surface area contributed by atoms with Crippen molar-refractivity contribution in [2.45, 2.75) is 6.18 Å². The van der Waals surface area contributed by atoms with E-state index in [9.17, 15) is 22.8 Å². The molecule has 1 aromatic rings. The van der Waals surface area contributed by atoms with Crippen LogP contribution in [0.15, 0.2) is 12.1 Å². The first-order chi connectivity index (χ1) is 7.27. The van der Waals surface area contributed by atoms with Gasteiger partial charge in [-0.1, -0.05) is 11.6 Å². The molecule has 0 radical (unpaired) electrons. The standard InChI is InChI=1S/C9H4ClF3O3/c10-7-2-4(8(15)16)1-6(5(7)3-14)9(11,12)13/h1-3H,(H,15,16). The van der Waals surface area contributed by atoms with Crippen molar-refractivity contribution in [3.8, 4) is 0 Å². The summed E-state index contributed by atoms with van der Waals surface area (Å²) in [4.78, 5) is 21.0. The van der Waals surface area contributed by atoms with Crippen molar-refractivity contribution in [3.63, 3.8) is 0 Å². The van der Waals surface area contributed by atoms with Gasteiger partial charge < -0.3 is 5.11 Å². The number of rotatable bonds is 2. The quantitative estimate of drug-likeness (QED) is 0.824. The number of hydrogen-bond donors (Lipinski definition) is 1. The smallest absolute Gasteiger partial charge is 0.417 e. The molecular weight excluding hydrogens is 249 g/mol. The molecule has 0 heterocycles. The zero-order valence-corrected chi connectivity index (χ0v) is 8.26. The minimum atomic E-state index is -4.83. The first-order valence-corrected chi connectivity index (χ1v) is 4.24. The van der Waals surface area contributed by atoms with Crippen LogP contribution in [0.2, 0.25) is 5.02 Å². The fourth-order valence-electron chi connectivity index (χ4n) is 1.10. The summed E-state index contributed by atoms with van der Waals surface area (Å²) in [5.41, 5.74) is -2.74. The molecule has 16 heavy (non-hydrogen) atoms. The van der Waals surface area contributed by atoms with E-state index in [0.717, 1.165) is 6.07 Å². The van der Waals surface area contributed by atoms with Crippen molar-refractivity contribution in [3.05, 3.63) is 33.8 Å². The Balaban J connectivity index is 3.55. The first kappa shape index (κ1) is 12.5. The zero-order chi connectivity index (χ0) is 12.5. The first-order valence-electron chi connectivity index (χ1n) is 3.86. The lowest BCUT2D eigenvalue weighted by Crippen LogP contribution is -2.11. The molecule has 1 aromatic carbocycles. The van der Waals surface area contributed by atoms with Crippen LogP contribution in [-0.4, -0.2) is 17.4 Å². The maximum atomic E-state index is 12.4. The minimum absolute atomic E-state index is 0.0587. The molecule has 7 heteroatoms. The van der Waals surface area contributed by atoms with Crippen molar-refractivity contribution in [2.24, 2.45) is 0 Å². The molecule has 0 bridgehead atoms. The molecule has 0 atom stereocenters. The number of halogens is 4. The van der Waals surface area contributed by atoms with Crippen LogP contribution in [-0.2, 0) is 6.18 Å². The molecule has 0 saturated carbocycles. The van der Waals surface area contributed by atoms with Gasteiger partial charge in [0, 0.05) is 5.56 Å². The van der Waals surface area contributed by atoms with Crippen molar-refractivity contribution in [1.82, 2.24) is 0 Å². The molecular formula is C9H4ClF3O3. The van der Waals surface area contributed by atoms with E-state index < -0.39 is 33.9 Å². The van der Waals surface area contributed by atoms with Gasteiger partial charge in [-0.25, -0.2) is 4.79 Å². The van der Waals surface area contributed by atoms with Gasteiger partial charge in [-0.05, 0) is 12.1 Å². The second kappa shape index (κ2) is 4.13. The molecule has 0 aromatic heterocycles. The predicted octanol–water partition coefficient (Wildman–Crippen LogP) is 2.87. The number of carboxylic acids is 1. The summed E-state index contributed by atoms with van der Waals surface area (Å²) < 4.78 is 37.3. The van der Waals surface area contributed by atoms with Crippen LogP contribution in [0.3, 0.4) is 0 Å². The highest BCUT2D eigenvalue weighted by Crippen LogP contribution is 2.35. The Morgan fingerprint density at radius 1 is 1.38 bits per heavy atom. The van der Waals surface area contributed by atoms with Gasteiger partial charge in [0.05, 0.1) is 16.1 Å². The molecule has 86 valence electrons. The third kappa shape index (κ3) is 2.33. The van der Waals surface area contributed by atoms with E-state index in [0.29, 0.717) is 6.07 Å². The van der Waals surface area contributed by atoms with E-state index in [4.69, 9.17) is 16.7 Å². The van der Waals surface area contributed by atoms with Crippen LogP contribution in [0.1, 0.15) is 26.3 Å². The molecule has 0 aliphatic carbocycles. The minimum Gasteiger partial charge on any atom is -0.478 e. The molecule has 0 saturated heterocycles. The Kier molecular flexibility index (Phi) is 3.23. The normalized spacial score (nSPS) is 11.2. The zero-order valence-electron chi connectivity index (χ0n) is 7.51. The van der Waals surface area contributed by atoms with Gasteiger partial charge in [-0.3, -0.25) is 4.79 Å². The fraction of sp³-hybridized carbons (Fsp3) is 0.111. The molecule has 0 aliphatic heterocycles. The largest absolute Gasteiger partial charge is 0.478 e. The van der Waals surface area contributed by atoms with Crippen LogP contribution >= 0.6 is 11.6 Å².